The van der Waals surface area contributed by atoms with Crippen LogP contribution in [0.3, 0.4) is 0 Å². The van der Waals surface area contributed by atoms with E-state index in [1.807, 2.05) is 72.8 Å². The van der Waals surface area contributed by atoms with E-state index in [0.717, 1.165) is 16.2 Å². The first-order valence-corrected chi connectivity index (χ1v) is 19.5. The fourth-order valence-corrected chi connectivity index (χ4v) is 6.48. The largest absolute Gasteiger partial charge is 0.491 e. The van der Waals surface area contributed by atoms with Gasteiger partial charge in [0.05, 0.1) is 30.6 Å². The number of anilines is 1. The smallest absolute Gasteiger partial charge is 0.295 e. The third kappa shape index (κ3) is 13.1. The van der Waals surface area contributed by atoms with Crippen molar-refractivity contribution in [3.63, 3.8) is 0 Å². The van der Waals surface area contributed by atoms with Crippen LogP contribution in [0, 0.1) is 0 Å². The fraction of sp³-hybridized carbons (Fsp3) is 0.154. The predicted molar refractivity (Wildman–Crippen MR) is 213 cm³/mol. The van der Waals surface area contributed by atoms with Crippen molar-refractivity contribution >= 4 is 51.8 Å². The molecule has 2 heterocycles. The third-order valence-electron chi connectivity index (χ3n) is 7.74. The Labute approximate surface area is 323 Å². The molecule has 0 aliphatic heterocycles. The van der Waals surface area contributed by atoms with Gasteiger partial charge in [-0.05, 0) is 60.5 Å². The number of pyridine rings is 2. The van der Waals surface area contributed by atoms with Gasteiger partial charge in [-0.25, -0.2) is 26.4 Å². The molecule has 0 spiro atoms. The molecule has 3 aromatic carbocycles. The number of thioether (sulfide) groups is 1. The van der Waals surface area contributed by atoms with E-state index < -0.39 is 16.0 Å². The number of hydrazine groups is 2. The van der Waals surface area contributed by atoms with Crippen LogP contribution in [-0.2, 0) is 27.1 Å². The second-order valence-corrected chi connectivity index (χ2v) is 14.2. The van der Waals surface area contributed by atoms with E-state index in [0.29, 0.717) is 48.0 Å². The molecule has 16 heteroatoms. The lowest BCUT2D eigenvalue weighted by Crippen LogP contribution is -2.39. The number of ether oxygens (including phenoxy) is 1. The molecule has 0 radical (unpaired) electrons. The van der Waals surface area contributed by atoms with Crippen LogP contribution in [0.1, 0.15) is 39.3 Å². The van der Waals surface area contributed by atoms with E-state index in [2.05, 4.69) is 26.3 Å². The third-order valence-corrected chi connectivity index (χ3v) is 9.71. The fourth-order valence-electron chi connectivity index (χ4n) is 4.99. The topological polar surface area (TPSA) is 201 Å². The zero-order chi connectivity index (χ0) is 38.9. The summed E-state index contributed by atoms with van der Waals surface area (Å²) in [6.07, 6.45) is 6.44. The molecule has 0 saturated heterocycles. The van der Waals surface area contributed by atoms with Crippen molar-refractivity contribution in [3.05, 3.63) is 150 Å². The van der Waals surface area contributed by atoms with Crippen molar-refractivity contribution in [2.45, 2.75) is 28.4 Å². The minimum atomic E-state index is -4.55. The Bertz CT molecular complexity index is 2190. The average molecular weight is 781 g/mol. The van der Waals surface area contributed by atoms with Crippen LogP contribution >= 0.6 is 11.8 Å². The van der Waals surface area contributed by atoms with E-state index in [9.17, 15) is 22.6 Å². The van der Waals surface area contributed by atoms with Crippen LogP contribution in [0.15, 0.2) is 136 Å². The molecular formula is C39H40N8O6S2. The number of rotatable bonds is 19. The molecular weight excluding hydrogens is 741 g/mol. The Morgan fingerprint density at radius 2 is 1.69 bits per heavy atom. The molecule has 0 fully saturated rings. The maximum atomic E-state index is 13.3. The van der Waals surface area contributed by atoms with Crippen molar-refractivity contribution in [3.8, 4) is 5.75 Å². The summed E-state index contributed by atoms with van der Waals surface area (Å²) in [6.45, 7) is 0.709. The highest BCUT2D eigenvalue weighted by molar-refractivity contribution is 7.98. The molecule has 284 valence electrons. The summed E-state index contributed by atoms with van der Waals surface area (Å²) in [6, 6.07) is 32.5. The number of hydrogen-bond donors (Lipinski definition) is 5. The SMILES string of the molecule is NNc1ccc(C(=O)NCCCN(/N=C/c2ccccc2S(=O)(=O)O)NC(=O)C=Cc2nc(CSc3ccccc3)ccc2OCCc2ccccc2)cn1. The minimum Gasteiger partial charge on any atom is -0.491 e. The Hall–Kier alpha value is -6.07. The van der Waals surface area contributed by atoms with Crippen LogP contribution in [0.5, 0.6) is 5.75 Å². The Morgan fingerprint density at radius 1 is 0.945 bits per heavy atom. The summed E-state index contributed by atoms with van der Waals surface area (Å²) < 4.78 is 39.7. The van der Waals surface area contributed by atoms with E-state index in [1.54, 1.807) is 36.0 Å². The maximum Gasteiger partial charge on any atom is 0.295 e. The number of benzene rings is 3. The quantitative estimate of drug-likeness (QED) is 0.0141. The average Bonchev–Trinajstić information content (AvgIpc) is 3.20. The van der Waals surface area contributed by atoms with Gasteiger partial charge in [-0.1, -0.05) is 66.7 Å². The molecule has 0 aliphatic rings. The molecule has 6 N–H and O–H groups in total. The van der Waals surface area contributed by atoms with Crippen molar-refractivity contribution in [2.75, 3.05) is 25.1 Å². The standard InChI is InChI=1S/C39H40N8O6S2/c40-45-37-20-16-31(26-42-37)39(49)41-23-9-24-47(43-27-30-12-7-8-15-36(30)55(50,51)52)46-38(48)21-18-34-35(53-25-22-29-10-3-1-4-11-29)19-17-32(44-34)28-54-33-13-5-2-6-14-33/h1-8,10-21,26-27H,9,22-25,28,40H2,(H,41,49)(H,42,45)(H,46,48)(H,50,51,52)/b21-18?,43-27+. The highest BCUT2D eigenvalue weighted by Crippen LogP contribution is 2.25. The van der Waals surface area contributed by atoms with Gasteiger partial charge in [0.1, 0.15) is 22.2 Å². The first-order valence-electron chi connectivity index (χ1n) is 17.1. The Morgan fingerprint density at radius 3 is 2.42 bits per heavy atom. The Kier molecular flexibility index (Phi) is 14.9. The molecule has 14 nitrogen and oxygen atoms in total. The maximum absolute atomic E-state index is 13.3. The van der Waals surface area contributed by atoms with Gasteiger partial charge in [-0.15, -0.1) is 11.8 Å². The molecule has 5 aromatic rings. The van der Waals surface area contributed by atoms with Gasteiger partial charge >= 0.3 is 0 Å². The van der Waals surface area contributed by atoms with E-state index >= 15 is 0 Å². The summed E-state index contributed by atoms with van der Waals surface area (Å²) >= 11 is 1.63. The van der Waals surface area contributed by atoms with Crippen LogP contribution in [0.2, 0.25) is 0 Å². The molecule has 2 amide bonds. The van der Waals surface area contributed by atoms with Crippen molar-refractivity contribution in [2.24, 2.45) is 10.9 Å². The lowest BCUT2D eigenvalue weighted by atomic mass is 10.2. The molecule has 0 aliphatic carbocycles. The molecule has 55 heavy (non-hydrogen) atoms. The van der Waals surface area contributed by atoms with E-state index in [4.69, 9.17) is 15.6 Å². The first kappa shape index (κ1) is 40.1. The number of carbonyl (C=O) groups excluding carboxylic acids is 2. The van der Waals surface area contributed by atoms with Gasteiger partial charge in [-0.3, -0.25) is 14.1 Å². The Balaban J connectivity index is 1.29. The number of amides is 2. The van der Waals surface area contributed by atoms with Crippen LogP contribution in [0.4, 0.5) is 5.82 Å². The van der Waals surface area contributed by atoms with E-state index in [-0.39, 0.29) is 29.5 Å². The second-order valence-electron chi connectivity index (χ2n) is 11.7. The number of nitrogens with zero attached hydrogens (tertiary/aromatic N) is 4. The van der Waals surface area contributed by atoms with E-state index in [1.165, 1.54) is 41.8 Å². The van der Waals surface area contributed by atoms with Crippen molar-refractivity contribution in [1.29, 1.82) is 0 Å². The zero-order valence-corrected chi connectivity index (χ0v) is 31.2. The van der Waals surface area contributed by atoms with Gasteiger partial charge in [0, 0.05) is 41.5 Å². The molecule has 0 atom stereocenters. The predicted octanol–water partition coefficient (Wildman–Crippen LogP) is 5.12. The number of nitrogens with one attached hydrogen (secondary N) is 3. The molecule has 0 saturated carbocycles. The normalized spacial score (nSPS) is 11.4. The minimum absolute atomic E-state index is 0.0997. The van der Waals surface area contributed by atoms with Gasteiger partial charge in [0.25, 0.3) is 21.9 Å². The van der Waals surface area contributed by atoms with Crippen LogP contribution < -0.4 is 26.7 Å². The summed E-state index contributed by atoms with van der Waals surface area (Å²) in [4.78, 5) is 35.5. The highest BCUT2D eigenvalue weighted by Gasteiger charge is 2.15. The van der Waals surface area contributed by atoms with Crippen LogP contribution in [-0.4, -0.2) is 65.8 Å². The molecule has 0 bridgehead atoms. The molecule has 5 rings (SSSR count). The highest BCUT2D eigenvalue weighted by atomic mass is 32.2. The number of aromatic nitrogens is 2. The van der Waals surface area contributed by atoms with Gasteiger partial charge in [0.2, 0.25) is 0 Å². The van der Waals surface area contributed by atoms with Crippen LogP contribution in [0.25, 0.3) is 6.08 Å². The van der Waals surface area contributed by atoms with Gasteiger partial charge in [-0.2, -0.15) is 13.5 Å². The summed E-state index contributed by atoms with van der Waals surface area (Å²) in [5.41, 5.74) is 7.87. The first-order chi connectivity index (χ1) is 26.7. The number of nitrogens with two attached hydrogens (primary N) is 1. The number of nitrogen functional groups attached to an aromatic ring is 1. The van der Waals surface area contributed by atoms with Crippen molar-refractivity contribution < 1.29 is 27.3 Å². The zero-order valence-electron chi connectivity index (χ0n) is 29.6. The number of carbonyl (C=O) groups is 2. The summed E-state index contributed by atoms with van der Waals surface area (Å²) in [5.74, 6) is 5.92. The monoisotopic (exact) mass is 780 g/mol. The summed E-state index contributed by atoms with van der Waals surface area (Å²) in [5, 5.41) is 8.28. The van der Waals surface area contributed by atoms with Crippen molar-refractivity contribution in [1.82, 2.24) is 25.8 Å². The lowest BCUT2D eigenvalue weighted by molar-refractivity contribution is -0.121. The number of hydrazone groups is 1. The molecule has 2 aromatic heterocycles. The second kappa shape index (κ2) is 20.4. The van der Waals surface area contributed by atoms with Gasteiger partial charge < -0.3 is 15.5 Å². The summed E-state index contributed by atoms with van der Waals surface area (Å²) in [7, 11) is -4.55. The lowest BCUT2D eigenvalue weighted by Gasteiger charge is -2.19. The van der Waals surface area contributed by atoms with Gasteiger partial charge in [0.15, 0.2) is 0 Å². The number of hydrogen-bond acceptors (Lipinski definition) is 12. The molecule has 0 unspecified atom stereocenters.